The van der Waals surface area contributed by atoms with Gasteiger partial charge in [0.05, 0.1) is 0 Å². The van der Waals surface area contributed by atoms with E-state index in [0.29, 0.717) is 4.11 Å². The third-order valence-corrected chi connectivity index (χ3v) is 3.15. The van der Waals surface area contributed by atoms with E-state index in [-0.39, 0.29) is 20.7 Å². The summed E-state index contributed by atoms with van der Waals surface area (Å²) in [5.74, 6) is 1.00. The van der Waals surface area contributed by atoms with Crippen LogP contribution in [-0.4, -0.2) is 8.12 Å². The van der Waals surface area contributed by atoms with Crippen molar-refractivity contribution in [3.63, 3.8) is 0 Å². The zero-order valence-corrected chi connectivity index (χ0v) is 8.33. The summed E-state index contributed by atoms with van der Waals surface area (Å²) in [6.07, 6.45) is 6.05. The highest BCUT2D eigenvalue weighted by atomic mass is 127. The Morgan fingerprint density at radius 3 is 3.10 bits per heavy atom. The maximum atomic E-state index is 5.52. The van der Waals surface area contributed by atoms with Gasteiger partial charge in [-0.25, -0.2) is 0 Å². The van der Waals surface area contributed by atoms with Crippen LogP contribution >= 0.6 is 20.7 Å². The van der Waals surface area contributed by atoms with Gasteiger partial charge < -0.3 is 4.74 Å². The van der Waals surface area contributed by atoms with Crippen molar-refractivity contribution >= 4 is 24.7 Å². The molecule has 0 aromatic heterocycles. The lowest BCUT2D eigenvalue weighted by Crippen LogP contribution is -2.01. The summed E-state index contributed by atoms with van der Waals surface area (Å²) in [4.78, 5) is 0. The van der Waals surface area contributed by atoms with Crippen molar-refractivity contribution in [2.75, 3.05) is 0 Å². The fourth-order valence-corrected chi connectivity index (χ4v) is 2.30. The fourth-order valence-electron chi connectivity index (χ4n) is 0.713. The number of hydrogen-bond donors (Lipinski definition) is 0. The van der Waals surface area contributed by atoms with E-state index in [0.717, 1.165) is 5.76 Å². The third-order valence-electron chi connectivity index (χ3n) is 1.11. The minimum absolute atomic E-state index is 0.156. The molecule has 0 bridgehead atoms. The zero-order valence-electron chi connectivity index (χ0n) is 6.17. The van der Waals surface area contributed by atoms with Crippen molar-refractivity contribution in [2.24, 2.45) is 0 Å². The van der Waals surface area contributed by atoms with Crippen LogP contribution in [0.3, 0.4) is 0 Å². The molecule has 1 aliphatic heterocycles. The lowest BCUT2D eigenvalue weighted by Gasteiger charge is -2.13. The van der Waals surface area contributed by atoms with Gasteiger partial charge in [-0.1, -0.05) is 26.8 Å². The molecule has 0 aromatic carbocycles. The van der Waals surface area contributed by atoms with Crippen molar-refractivity contribution in [3.05, 3.63) is 24.0 Å². The van der Waals surface area contributed by atoms with Gasteiger partial charge in [0.15, 0.2) is 0 Å². The van der Waals surface area contributed by atoms with Crippen LogP contribution in [0.4, 0.5) is 0 Å². The summed E-state index contributed by atoms with van der Waals surface area (Å²) in [5, 5.41) is 0. The third kappa shape index (κ3) is 2.25. The van der Waals surface area contributed by atoms with Crippen molar-refractivity contribution in [3.8, 4) is 0 Å². The number of alkyl halides is 1. The number of rotatable bonds is 1. The zero-order chi connectivity index (χ0) is 7.40. The second-order valence-electron chi connectivity index (χ2n) is 1.98. The van der Waals surface area contributed by atoms with Gasteiger partial charge in [0.25, 0.3) is 0 Å². The Morgan fingerprint density at radius 1 is 1.70 bits per heavy atom. The second-order valence-corrected chi connectivity index (χ2v) is 5.17. The summed E-state index contributed by atoms with van der Waals surface area (Å²) < 4.78 is 8.22. The maximum Gasteiger partial charge on any atom is 0.141 e. The van der Waals surface area contributed by atoms with Crippen LogP contribution in [0, 0.1) is 0 Å². The Balaban J connectivity index is 2.61. The summed E-state index contributed by atoms with van der Waals surface area (Å²) in [7, 11) is 0. The highest BCUT2D eigenvalue weighted by Crippen LogP contribution is 2.18. The van der Waals surface area contributed by atoms with Gasteiger partial charge in [-0.3, -0.25) is 0 Å². The molecule has 56 valence electrons. The SMILES string of the molecule is C/C=C/C1=CC=IC(C)O1. The molecule has 0 aliphatic carbocycles. The number of ether oxygens (including phenoxy) is 1. The number of hydrogen-bond acceptors (Lipinski definition) is 1. The molecule has 0 saturated heterocycles. The molecular weight excluding hydrogens is 239 g/mol. The molecule has 0 spiro atoms. The Kier molecular flexibility index (Phi) is 3.12. The van der Waals surface area contributed by atoms with Crippen LogP contribution in [0.5, 0.6) is 0 Å². The summed E-state index contributed by atoms with van der Waals surface area (Å²) in [6, 6.07) is 0. The quantitative estimate of drug-likeness (QED) is 0.513. The van der Waals surface area contributed by atoms with Gasteiger partial charge in [-0.15, -0.1) is 0 Å². The topological polar surface area (TPSA) is 9.23 Å². The summed E-state index contributed by atoms with van der Waals surface area (Å²) in [6.45, 7) is 4.12. The van der Waals surface area contributed by atoms with Gasteiger partial charge in [-0.05, 0) is 30.0 Å². The van der Waals surface area contributed by atoms with Crippen molar-refractivity contribution in [1.29, 1.82) is 0 Å². The molecule has 1 aliphatic rings. The van der Waals surface area contributed by atoms with E-state index in [1.165, 1.54) is 0 Å². The van der Waals surface area contributed by atoms with E-state index in [2.05, 4.69) is 17.0 Å². The average Bonchev–Trinajstić information content (AvgIpc) is 1.88. The van der Waals surface area contributed by atoms with Crippen LogP contribution in [0.2, 0.25) is 0 Å². The normalized spacial score (nSPS) is 25.4. The summed E-state index contributed by atoms with van der Waals surface area (Å²) in [5.41, 5.74) is 0. The van der Waals surface area contributed by atoms with E-state index in [1.54, 1.807) is 0 Å². The first-order valence-corrected chi connectivity index (χ1v) is 5.77. The largest absolute Gasteiger partial charge is 0.481 e. The molecule has 1 nitrogen and oxygen atoms in total. The van der Waals surface area contributed by atoms with Gasteiger partial charge in [-0.2, -0.15) is 0 Å². The maximum absolute atomic E-state index is 5.52. The molecule has 1 heterocycles. The van der Waals surface area contributed by atoms with E-state index in [4.69, 9.17) is 4.74 Å². The molecule has 2 heteroatoms. The molecular formula is C8H11IO. The first-order chi connectivity index (χ1) is 4.83. The average molecular weight is 250 g/mol. The Hall–Kier alpha value is -0.120. The van der Waals surface area contributed by atoms with E-state index >= 15 is 0 Å². The lowest BCUT2D eigenvalue weighted by atomic mass is 10.4. The minimum atomic E-state index is 0.156. The lowest BCUT2D eigenvalue weighted by molar-refractivity contribution is 0.226. The number of allylic oxidation sites excluding steroid dienone is 3. The standard InChI is InChI=1S/C8H11IO/c1-3-4-8-5-6-9-7(2)10-8/h3-7H,1-2H3/b4-3+. The van der Waals surface area contributed by atoms with Gasteiger partial charge in [0.1, 0.15) is 9.87 Å². The van der Waals surface area contributed by atoms with E-state index in [1.807, 2.05) is 19.1 Å². The molecule has 1 rings (SSSR count). The van der Waals surface area contributed by atoms with Crippen LogP contribution in [0.1, 0.15) is 13.8 Å². The highest BCUT2D eigenvalue weighted by molar-refractivity contribution is 14.2. The molecule has 1 unspecified atom stereocenters. The molecule has 0 saturated carbocycles. The van der Waals surface area contributed by atoms with Crippen LogP contribution < -0.4 is 0 Å². The molecule has 0 amide bonds. The molecule has 1 atom stereocenters. The van der Waals surface area contributed by atoms with E-state index in [9.17, 15) is 0 Å². The monoisotopic (exact) mass is 250 g/mol. The van der Waals surface area contributed by atoms with E-state index < -0.39 is 0 Å². The molecule has 10 heavy (non-hydrogen) atoms. The van der Waals surface area contributed by atoms with Crippen LogP contribution in [-0.2, 0) is 4.74 Å². The summed E-state index contributed by atoms with van der Waals surface area (Å²) >= 11 is 0.156. The molecule has 0 aromatic rings. The Labute approximate surface area is 71.5 Å². The molecule has 0 radical (unpaired) electrons. The Bertz CT molecular complexity index is 191. The van der Waals surface area contributed by atoms with Crippen molar-refractivity contribution in [2.45, 2.75) is 18.0 Å². The van der Waals surface area contributed by atoms with Gasteiger partial charge in [0.2, 0.25) is 0 Å². The highest BCUT2D eigenvalue weighted by Gasteiger charge is 2.02. The van der Waals surface area contributed by atoms with Crippen LogP contribution in [0.15, 0.2) is 24.0 Å². The van der Waals surface area contributed by atoms with Crippen LogP contribution in [0.25, 0.3) is 0 Å². The first-order valence-electron chi connectivity index (χ1n) is 3.27. The first kappa shape index (κ1) is 7.98. The van der Waals surface area contributed by atoms with Crippen molar-refractivity contribution < 1.29 is 4.74 Å². The minimum Gasteiger partial charge on any atom is -0.481 e. The molecule has 0 N–H and O–H groups in total. The second kappa shape index (κ2) is 3.91. The fraction of sp³-hybridized carbons (Fsp3) is 0.375. The smallest absolute Gasteiger partial charge is 0.141 e. The Morgan fingerprint density at radius 2 is 2.50 bits per heavy atom. The van der Waals surface area contributed by atoms with Gasteiger partial charge >= 0.3 is 0 Å². The predicted octanol–water partition coefficient (Wildman–Crippen LogP) is 2.60. The van der Waals surface area contributed by atoms with Gasteiger partial charge in [0, 0.05) is 0 Å². The van der Waals surface area contributed by atoms with Crippen molar-refractivity contribution in [1.82, 2.24) is 0 Å². The number of halogens is 1. The predicted molar refractivity (Wildman–Crippen MR) is 53.5 cm³/mol. The molecule has 0 fully saturated rings.